The first-order valence-electron chi connectivity index (χ1n) is 11.5. The van der Waals surface area contributed by atoms with Crippen LogP contribution in [0.5, 0.6) is 0 Å². The molecule has 1 atom stereocenters. The Labute approximate surface area is 221 Å². The van der Waals surface area contributed by atoms with E-state index in [1.807, 2.05) is 0 Å². The number of primary amides is 1. The predicted octanol–water partition coefficient (Wildman–Crippen LogP) is 4.74. The van der Waals surface area contributed by atoms with Crippen LogP contribution in [0.15, 0.2) is 72.9 Å². The van der Waals surface area contributed by atoms with Gasteiger partial charge < -0.3 is 20.5 Å². The molecule has 0 saturated carbocycles. The molecule has 1 fully saturated rings. The van der Waals surface area contributed by atoms with Crippen molar-refractivity contribution in [3.63, 3.8) is 0 Å². The number of fused-ring (bicyclic) bond motifs is 1. The number of hydrogen-bond acceptors (Lipinski definition) is 4. The highest BCUT2D eigenvalue weighted by molar-refractivity contribution is 8.00. The molecule has 188 valence electrons. The average Bonchev–Trinajstić information content (AvgIpc) is 3.52. The van der Waals surface area contributed by atoms with Crippen molar-refractivity contribution >= 4 is 57.7 Å². The molecular formula is C27H22ClFN4O3S. The van der Waals surface area contributed by atoms with Crippen LogP contribution < -0.4 is 11.1 Å². The summed E-state index contributed by atoms with van der Waals surface area (Å²) >= 11 is 7.54. The van der Waals surface area contributed by atoms with Crippen LogP contribution in [0.25, 0.3) is 22.0 Å². The number of para-hydroxylation sites is 1. The van der Waals surface area contributed by atoms with Crippen molar-refractivity contribution in [3.05, 3.63) is 89.3 Å². The molecule has 7 nitrogen and oxygen atoms in total. The van der Waals surface area contributed by atoms with Crippen LogP contribution in [0.4, 0.5) is 10.1 Å². The SMILES string of the molecule is NC(=O)c1cn(CC(=O)N2CCSC2C(=O)Nc2cccc(-c3ccccc3Cl)c2F)c2ccccc12. The third kappa shape index (κ3) is 4.80. The molecule has 1 unspecified atom stereocenters. The van der Waals surface area contributed by atoms with Gasteiger partial charge in [0.05, 0.1) is 11.3 Å². The zero-order chi connectivity index (χ0) is 26.1. The molecule has 2 heterocycles. The van der Waals surface area contributed by atoms with Gasteiger partial charge >= 0.3 is 0 Å². The number of nitrogens with one attached hydrogen (secondary N) is 1. The number of carbonyl (C=O) groups is 3. The van der Waals surface area contributed by atoms with Crippen LogP contribution >= 0.6 is 23.4 Å². The van der Waals surface area contributed by atoms with Gasteiger partial charge in [-0.05, 0) is 18.2 Å². The Hall–Kier alpha value is -3.82. The van der Waals surface area contributed by atoms with Gasteiger partial charge in [0.15, 0.2) is 11.2 Å². The van der Waals surface area contributed by atoms with Gasteiger partial charge in [0.25, 0.3) is 11.8 Å². The summed E-state index contributed by atoms with van der Waals surface area (Å²) in [4.78, 5) is 39.8. The van der Waals surface area contributed by atoms with Gasteiger partial charge in [-0.3, -0.25) is 14.4 Å². The molecule has 37 heavy (non-hydrogen) atoms. The summed E-state index contributed by atoms with van der Waals surface area (Å²) in [7, 11) is 0. The molecule has 0 spiro atoms. The summed E-state index contributed by atoms with van der Waals surface area (Å²) in [6.45, 7) is 0.292. The van der Waals surface area contributed by atoms with Crippen LogP contribution in [0.3, 0.4) is 0 Å². The van der Waals surface area contributed by atoms with E-state index in [9.17, 15) is 14.4 Å². The number of amides is 3. The van der Waals surface area contributed by atoms with Gasteiger partial charge in [-0.25, -0.2) is 4.39 Å². The molecule has 0 aliphatic carbocycles. The highest BCUT2D eigenvalue weighted by Gasteiger charge is 2.35. The summed E-state index contributed by atoms with van der Waals surface area (Å²) in [5.74, 6) is -1.43. The third-order valence-electron chi connectivity index (χ3n) is 6.22. The minimum absolute atomic E-state index is 0.00447. The molecule has 1 aliphatic heterocycles. The molecule has 1 aliphatic rings. The predicted molar refractivity (Wildman–Crippen MR) is 144 cm³/mol. The molecule has 3 N–H and O–H groups in total. The quantitative estimate of drug-likeness (QED) is 0.372. The molecule has 3 amide bonds. The zero-order valence-corrected chi connectivity index (χ0v) is 21.1. The standard InChI is InChI=1S/C27H22ClFN4O3S/c28-20-9-3-1-6-16(20)18-8-5-10-21(24(18)29)31-26(36)27-33(12-13-37-27)23(34)15-32-14-19(25(30)35)17-7-2-4-11-22(17)32/h1-11,14,27H,12-13,15H2,(H2,30,35)(H,31,36). The van der Waals surface area contributed by atoms with Crippen LogP contribution in [-0.2, 0) is 16.1 Å². The Morgan fingerprint density at radius 2 is 1.76 bits per heavy atom. The van der Waals surface area contributed by atoms with Crippen molar-refractivity contribution in [2.45, 2.75) is 11.9 Å². The van der Waals surface area contributed by atoms with Gasteiger partial charge in [-0.1, -0.05) is 60.1 Å². The summed E-state index contributed by atoms with van der Waals surface area (Å²) in [6, 6.07) is 18.7. The van der Waals surface area contributed by atoms with E-state index < -0.39 is 23.0 Å². The molecule has 0 bridgehead atoms. The van der Waals surface area contributed by atoms with Gasteiger partial charge in [0.1, 0.15) is 6.54 Å². The zero-order valence-electron chi connectivity index (χ0n) is 19.5. The van der Waals surface area contributed by atoms with Gasteiger partial charge in [-0.15, -0.1) is 11.8 Å². The Bertz CT molecular complexity index is 1540. The van der Waals surface area contributed by atoms with Crippen LogP contribution in [-0.4, -0.2) is 44.9 Å². The smallest absolute Gasteiger partial charge is 0.257 e. The molecule has 3 aromatic carbocycles. The summed E-state index contributed by atoms with van der Waals surface area (Å²) < 4.78 is 17.0. The number of benzene rings is 3. The molecule has 1 saturated heterocycles. The van der Waals surface area contributed by atoms with E-state index in [-0.39, 0.29) is 23.7 Å². The normalized spacial score (nSPS) is 15.2. The average molecular weight is 537 g/mol. The number of halogens is 2. The molecule has 1 aromatic heterocycles. The number of hydrogen-bond donors (Lipinski definition) is 2. The highest BCUT2D eigenvalue weighted by atomic mass is 35.5. The lowest BCUT2D eigenvalue weighted by Gasteiger charge is -2.24. The number of rotatable bonds is 6. The van der Waals surface area contributed by atoms with Crippen molar-refractivity contribution in [1.29, 1.82) is 0 Å². The maximum absolute atomic E-state index is 15.3. The molecular weight excluding hydrogens is 515 g/mol. The maximum atomic E-state index is 15.3. The van der Waals surface area contributed by atoms with E-state index >= 15 is 4.39 Å². The summed E-state index contributed by atoms with van der Waals surface area (Å²) in [5.41, 5.74) is 7.30. The van der Waals surface area contributed by atoms with E-state index in [0.717, 1.165) is 0 Å². The largest absolute Gasteiger partial charge is 0.366 e. The van der Waals surface area contributed by atoms with Crippen molar-refractivity contribution in [1.82, 2.24) is 9.47 Å². The number of aromatic nitrogens is 1. The maximum Gasteiger partial charge on any atom is 0.257 e. The first kappa shape index (κ1) is 24.9. The number of nitrogens with zero attached hydrogens (tertiary/aromatic N) is 2. The van der Waals surface area contributed by atoms with Crippen molar-refractivity contribution < 1.29 is 18.8 Å². The molecule has 10 heteroatoms. The Morgan fingerprint density at radius 1 is 1.03 bits per heavy atom. The van der Waals surface area contributed by atoms with E-state index in [4.69, 9.17) is 17.3 Å². The van der Waals surface area contributed by atoms with E-state index in [2.05, 4.69) is 5.32 Å². The van der Waals surface area contributed by atoms with Crippen LogP contribution in [0.2, 0.25) is 5.02 Å². The fourth-order valence-corrected chi connectivity index (χ4v) is 5.84. The summed E-state index contributed by atoms with van der Waals surface area (Å²) in [6.07, 6.45) is 1.55. The third-order valence-corrected chi connectivity index (χ3v) is 7.75. The minimum atomic E-state index is -0.826. The van der Waals surface area contributed by atoms with Gasteiger partial charge in [-0.2, -0.15) is 0 Å². The van der Waals surface area contributed by atoms with Crippen molar-refractivity contribution in [2.75, 3.05) is 17.6 Å². The molecule has 4 aromatic rings. The van der Waals surface area contributed by atoms with Crippen molar-refractivity contribution in [3.8, 4) is 11.1 Å². The second-order valence-corrected chi connectivity index (χ2v) is 10.1. The van der Waals surface area contributed by atoms with Crippen LogP contribution in [0, 0.1) is 5.82 Å². The van der Waals surface area contributed by atoms with E-state index in [0.29, 0.717) is 39.4 Å². The minimum Gasteiger partial charge on any atom is -0.366 e. The van der Waals surface area contributed by atoms with Crippen molar-refractivity contribution in [2.24, 2.45) is 5.73 Å². The second kappa shape index (κ2) is 10.3. The van der Waals surface area contributed by atoms with E-state index in [1.54, 1.807) is 71.4 Å². The first-order chi connectivity index (χ1) is 17.8. The fraction of sp³-hybridized carbons (Fsp3) is 0.148. The highest BCUT2D eigenvalue weighted by Crippen LogP contribution is 2.33. The lowest BCUT2D eigenvalue weighted by atomic mass is 10.0. The fourth-order valence-electron chi connectivity index (χ4n) is 4.46. The van der Waals surface area contributed by atoms with Gasteiger partial charge in [0.2, 0.25) is 5.91 Å². The summed E-state index contributed by atoms with van der Waals surface area (Å²) in [5, 5.41) is 2.86. The number of anilines is 1. The number of thioether (sulfide) groups is 1. The monoisotopic (exact) mass is 536 g/mol. The molecule has 5 rings (SSSR count). The Balaban J connectivity index is 1.35. The Kier molecular flexibility index (Phi) is 6.90. The Morgan fingerprint density at radius 3 is 2.54 bits per heavy atom. The lowest BCUT2D eigenvalue weighted by molar-refractivity contribution is -0.135. The van der Waals surface area contributed by atoms with Gasteiger partial charge in [0, 0.05) is 45.5 Å². The molecule has 0 radical (unpaired) electrons. The topological polar surface area (TPSA) is 97.4 Å². The first-order valence-corrected chi connectivity index (χ1v) is 12.9. The number of carbonyl (C=O) groups excluding carboxylic acids is 3. The number of nitrogens with two attached hydrogens (primary N) is 1. The lowest BCUT2D eigenvalue weighted by Crippen LogP contribution is -2.43. The van der Waals surface area contributed by atoms with E-state index in [1.165, 1.54) is 22.7 Å². The second-order valence-electron chi connectivity index (χ2n) is 8.50. The van der Waals surface area contributed by atoms with Crippen LogP contribution in [0.1, 0.15) is 10.4 Å².